The average Bonchev–Trinajstić information content (AvgIpc) is 2.65. The summed E-state index contributed by atoms with van der Waals surface area (Å²) in [5.74, 6) is 0. The highest BCUT2D eigenvalue weighted by molar-refractivity contribution is 6.59. The smallest absolute Gasteiger partial charge is 0.443 e. The Hall–Kier alpha value is -1.28. The van der Waals surface area contributed by atoms with Crippen LogP contribution in [0.2, 0.25) is 10.3 Å². The fourth-order valence-corrected chi connectivity index (χ4v) is 2.40. The minimum Gasteiger partial charge on any atom is -0.443 e. The van der Waals surface area contributed by atoms with Gasteiger partial charge >= 0.3 is 13.2 Å². The molecule has 0 fully saturated rings. The zero-order valence-corrected chi connectivity index (χ0v) is 13.1. The number of halogens is 2. The second-order valence-corrected chi connectivity index (χ2v) is 6.18. The molecule has 21 heavy (non-hydrogen) atoms. The molecule has 0 atom stereocenters. The predicted octanol–water partition coefficient (Wildman–Crippen LogP) is 1.81. The van der Waals surface area contributed by atoms with Gasteiger partial charge in [0.1, 0.15) is 10.8 Å². The molecule has 0 aliphatic heterocycles. The van der Waals surface area contributed by atoms with Gasteiger partial charge in [-0.3, -0.25) is 0 Å². The van der Waals surface area contributed by atoms with Gasteiger partial charge in [-0.25, -0.2) is 14.3 Å². The predicted molar refractivity (Wildman–Crippen MR) is 81.2 cm³/mol. The van der Waals surface area contributed by atoms with Crippen LogP contribution in [-0.2, 0) is 4.74 Å². The zero-order chi connectivity index (χ0) is 15.9. The molecule has 0 unspecified atom stereocenters. The van der Waals surface area contributed by atoms with Crippen LogP contribution in [0.4, 0.5) is 4.79 Å². The lowest BCUT2D eigenvalue weighted by molar-refractivity contribution is 0.0547. The number of hydrogen-bond acceptors (Lipinski definition) is 5. The highest BCUT2D eigenvalue weighted by Gasteiger charge is 2.28. The van der Waals surface area contributed by atoms with Crippen LogP contribution in [0.5, 0.6) is 0 Å². The van der Waals surface area contributed by atoms with Gasteiger partial charge in [-0.05, 0) is 32.9 Å². The summed E-state index contributed by atoms with van der Waals surface area (Å²) in [6, 6.07) is 2.86. The normalized spacial score (nSPS) is 11.8. The van der Waals surface area contributed by atoms with E-state index in [9.17, 15) is 14.8 Å². The summed E-state index contributed by atoms with van der Waals surface area (Å²) in [5, 5.41) is 19.4. The van der Waals surface area contributed by atoms with Gasteiger partial charge in [-0.2, -0.15) is 0 Å². The van der Waals surface area contributed by atoms with Crippen molar-refractivity contribution in [2.24, 2.45) is 0 Å². The Morgan fingerprint density at radius 1 is 1.33 bits per heavy atom. The molecule has 0 spiro atoms. The number of carbonyl (C=O) groups excluding carboxylic acids is 1. The van der Waals surface area contributed by atoms with E-state index in [0.717, 1.165) is 4.57 Å². The molecular weight excluding hydrogens is 318 g/mol. The summed E-state index contributed by atoms with van der Waals surface area (Å²) >= 11 is 11.8. The molecule has 0 saturated carbocycles. The first-order valence-electron chi connectivity index (χ1n) is 6.07. The first-order valence-corrected chi connectivity index (χ1v) is 6.82. The van der Waals surface area contributed by atoms with Crippen LogP contribution in [0.3, 0.4) is 0 Å². The van der Waals surface area contributed by atoms with E-state index < -0.39 is 18.8 Å². The van der Waals surface area contributed by atoms with Crippen LogP contribution < -0.4 is 5.59 Å². The lowest BCUT2D eigenvalue weighted by atomic mass is 9.86. The third-order valence-corrected chi connectivity index (χ3v) is 3.03. The van der Waals surface area contributed by atoms with Crippen molar-refractivity contribution in [1.29, 1.82) is 0 Å². The van der Waals surface area contributed by atoms with Gasteiger partial charge in [0.25, 0.3) is 0 Å². The average molecular weight is 331 g/mol. The molecule has 2 N–H and O–H groups in total. The Kier molecular flexibility index (Phi) is 4.21. The number of ether oxygens (including phenoxy) is 1. The summed E-state index contributed by atoms with van der Waals surface area (Å²) in [4.78, 5) is 16.1. The largest absolute Gasteiger partial charge is 0.506 e. The highest BCUT2D eigenvalue weighted by Crippen LogP contribution is 2.26. The molecule has 2 rings (SSSR count). The van der Waals surface area contributed by atoms with Crippen molar-refractivity contribution in [2.75, 3.05) is 0 Å². The molecule has 2 aromatic rings. The van der Waals surface area contributed by atoms with E-state index >= 15 is 0 Å². The summed E-state index contributed by atoms with van der Waals surface area (Å²) in [5.41, 5.74) is -0.624. The Morgan fingerprint density at radius 3 is 2.48 bits per heavy atom. The molecular formula is C12H13BCl2N2O4. The van der Waals surface area contributed by atoms with Crippen LogP contribution in [0.25, 0.3) is 10.9 Å². The van der Waals surface area contributed by atoms with Crippen molar-refractivity contribution in [3.05, 3.63) is 22.4 Å². The van der Waals surface area contributed by atoms with Crippen molar-refractivity contribution < 1.29 is 19.6 Å². The minimum atomic E-state index is -1.88. The lowest BCUT2D eigenvalue weighted by Gasteiger charge is -2.21. The Morgan fingerprint density at radius 2 is 1.95 bits per heavy atom. The number of hydrogen-bond donors (Lipinski definition) is 2. The Bertz CT molecular complexity index is 709. The van der Waals surface area contributed by atoms with Crippen molar-refractivity contribution in [2.45, 2.75) is 26.4 Å². The number of aromatic nitrogens is 2. The van der Waals surface area contributed by atoms with Crippen LogP contribution in [0, 0.1) is 0 Å². The monoisotopic (exact) mass is 330 g/mol. The fourth-order valence-electron chi connectivity index (χ4n) is 1.87. The van der Waals surface area contributed by atoms with Crippen LogP contribution in [0.15, 0.2) is 12.1 Å². The maximum absolute atomic E-state index is 12.3. The lowest BCUT2D eigenvalue weighted by Crippen LogP contribution is -2.41. The molecule has 0 bridgehead atoms. The number of nitrogens with zero attached hydrogens (tertiary/aromatic N) is 2. The summed E-state index contributed by atoms with van der Waals surface area (Å²) < 4.78 is 6.23. The SMILES string of the molecule is CC(C)(C)OC(=O)n1c(B(O)O)cc2cc(Cl)nc(Cl)c21. The highest BCUT2D eigenvalue weighted by atomic mass is 35.5. The van der Waals surface area contributed by atoms with Gasteiger partial charge in [-0.15, -0.1) is 0 Å². The van der Waals surface area contributed by atoms with Gasteiger partial charge in [-0.1, -0.05) is 23.2 Å². The first kappa shape index (κ1) is 16.1. The molecule has 2 heterocycles. The Balaban J connectivity index is 2.70. The molecule has 0 amide bonds. The van der Waals surface area contributed by atoms with Crippen LogP contribution in [0.1, 0.15) is 20.8 Å². The van der Waals surface area contributed by atoms with Crippen LogP contribution in [-0.4, -0.2) is 38.4 Å². The van der Waals surface area contributed by atoms with Crippen molar-refractivity contribution >= 4 is 52.9 Å². The molecule has 0 radical (unpaired) electrons. The summed E-state index contributed by atoms with van der Waals surface area (Å²) in [6.07, 6.45) is -0.786. The third-order valence-electron chi connectivity index (χ3n) is 2.57. The quantitative estimate of drug-likeness (QED) is 0.615. The summed E-state index contributed by atoms with van der Waals surface area (Å²) in [7, 11) is -1.88. The van der Waals surface area contributed by atoms with E-state index in [0.29, 0.717) is 5.39 Å². The molecule has 0 aliphatic carbocycles. The fraction of sp³-hybridized carbons (Fsp3) is 0.333. The van der Waals surface area contributed by atoms with Gasteiger partial charge in [0.05, 0.1) is 11.1 Å². The molecule has 6 nitrogen and oxygen atoms in total. The molecule has 112 valence electrons. The maximum atomic E-state index is 12.3. The molecule has 0 saturated heterocycles. The van der Waals surface area contributed by atoms with Crippen molar-refractivity contribution in [3.63, 3.8) is 0 Å². The first-order chi connectivity index (χ1) is 9.60. The maximum Gasteiger partial charge on any atom is 0.506 e. The molecule has 0 aromatic carbocycles. The number of rotatable bonds is 1. The molecule has 0 aliphatic rings. The van der Waals surface area contributed by atoms with E-state index in [2.05, 4.69) is 4.98 Å². The van der Waals surface area contributed by atoms with Crippen molar-refractivity contribution in [1.82, 2.24) is 9.55 Å². The number of pyridine rings is 1. The van der Waals surface area contributed by atoms with E-state index in [1.165, 1.54) is 12.1 Å². The number of fused-ring (bicyclic) bond motifs is 1. The molecule has 9 heteroatoms. The van der Waals surface area contributed by atoms with Gasteiger partial charge in [0, 0.05) is 5.39 Å². The van der Waals surface area contributed by atoms with E-state index in [4.69, 9.17) is 27.9 Å². The van der Waals surface area contributed by atoms with Gasteiger partial charge in [0.2, 0.25) is 0 Å². The second kappa shape index (κ2) is 5.49. The second-order valence-electron chi connectivity index (χ2n) is 5.43. The topological polar surface area (TPSA) is 84.6 Å². The zero-order valence-electron chi connectivity index (χ0n) is 11.6. The van der Waals surface area contributed by atoms with E-state index in [-0.39, 0.29) is 21.4 Å². The Labute approximate surface area is 131 Å². The number of carbonyl (C=O) groups is 1. The van der Waals surface area contributed by atoms with E-state index in [1.54, 1.807) is 20.8 Å². The van der Waals surface area contributed by atoms with Crippen LogP contribution >= 0.6 is 23.2 Å². The van der Waals surface area contributed by atoms with Crippen molar-refractivity contribution in [3.8, 4) is 0 Å². The summed E-state index contributed by atoms with van der Waals surface area (Å²) in [6.45, 7) is 5.09. The standard InChI is InChI=1S/C12H13BCl2N2O4/c1-12(2,3)21-11(18)17-7(13(19)20)4-6-5-8(14)16-10(15)9(6)17/h4-5,19-20H,1-3H3. The third kappa shape index (κ3) is 3.32. The minimum absolute atomic E-state index is 0.0322. The van der Waals surface area contributed by atoms with Gasteiger partial charge < -0.3 is 14.8 Å². The van der Waals surface area contributed by atoms with E-state index in [1.807, 2.05) is 0 Å². The molecule has 2 aromatic heterocycles. The van der Waals surface area contributed by atoms with Gasteiger partial charge in [0.15, 0.2) is 5.15 Å².